The van der Waals surface area contributed by atoms with Crippen LogP contribution in [0.2, 0.25) is 0 Å². The highest BCUT2D eigenvalue weighted by Crippen LogP contribution is 2.31. The predicted molar refractivity (Wildman–Crippen MR) is 52.3 cm³/mol. The lowest BCUT2D eigenvalue weighted by Gasteiger charge is -2.21. The zero-order valence-electron chi connectivity index (χ0n) is 7.36. The summed E-state index contributed by atoms with van der Waals surface area (Å²) < 4.78 is 5.62. The lowest BCUT2D eigenvalue weighted by Crippen LogP contribution is -2.09. The van der Waals surface area contributed by atoms with Gasteiger partial charge in [-0.25, -0.2) is 0 Å². The van der Waals surface area contributed by atoms with Crippen LogP contribution in [-0.4, -0.2) is 12.9 Å². The number of rotatable bonds is 2. The third kappa shape index (κ3) is 1.98. The predicted octanol–water partition coefficient (Wildman–Crippen LogP) is 2.80. The van der Waals surface area contributed by atoms with E-state index < -0.39 is 0 Å². The van der Waals surface area contributed by atoms with Crippen molar-refractivity contribution >= 4 is 17.6 Å². The molecule has 2 rings (SSSR count). The highest BCUT2D eigenvalue weighted by molar-refractivity contribution is 7.13. The summed E-state index contributed by atoms with van der Waals surface area (Å²) in [5.74, 6) is 0. The summed E-state index contributed by atoms with van der Waals surface area (Å²) in [6.45, 7) is 0.860. The quantitative estimate of drug-likeness (QED) is 0.680. The summed E-state index contributed by atoms with van der Waals surface area (Å²) in [5, 5.41) is 0. The van der Waals surface area contributed by atoms with Crippen molar-refractivity contribution in [3.8, 4) is 0 Å². The molecule has 0 radical (unpaired) electrons. The molecule has 70 valence electrons. The molecule has 0 bridgehead atoms. The standard InChI is InChI=1S/C10H12O2S/c11-7-8-4-5-10(13-8)9-3-1-2-6-12-9/h4-5,7,9H,1-3,6H2. The molecule has 1 atom stereocenters. The van der Waals surface area contributed by atoms with E-state index in [1.54, 1.807) is 11.3 Å². The summed E-state index contributed by atoms with van der Waals surface area (Å²) in [4.78, 5) is 12.5. The molecule has 1 fully saturated rings. The van der Waals surface area contributed by atoms with Gasteiger partial charge in [0.25, 0.3) is 0 Å². The van der Waals surface area contributed by atoms with E-state index in [-0.39, 0.29) is 6.10 Å². The van der Waals surface area contributed by atoms with Crippen LogP contribution < -0.4 is 0 Å². The fourth-order valence-electron chi connectivity index (χ4n) is 1.57. The Morgan fingerprint density at radius 1 is 1.46 bits per heavy atom. The Morgan fingerprint density at radius 3 is 3.00 bits per heavy atom. The average molecular weight is 196 g/mol. The molecule has 3 heteroatoms. The molecule has 0 N–H and O–H groups in total. The summed E-state index contributed by atoms with van der Waals surface area (Å²) in [6.07, 6.45) is 4.64. The fourth-order valence-corrected chi connectivity index (χ4v) is 2.48. The maximum Gasteiger partial charge on any atom is 0.160 e. The van der Waals surface area contributed by atoms with E-state index in [1.807, 2.05) is 12.1 Å². The van der Waals surface area contributed by atoms with Gasteiger partial charge in [0, 0.05) is 11.5 Å². The number of ether oxygens (including phenoxy) is 1. The van der Waals surface area contributed by atoms with Crippen LogP contribution in [0.5, 0.6) is 0 Å². The van der Waals surface area contributed by atoms with E-state index >= 15 is 0 Å². The van der Waals surface area contributed by atoms with Gasteiger partial charge >= 0.3 is 0 Å². The van der Waals surface area contributed by atoms with Crippen molar-refractivity contribution in [1.29, 1.82) is 0 Å². The zero-order chi connectivity index (χ0) is 9.10. The minimum atomic E-state index is 0.243. The number of aldehydes is 1. The Bertz CT molecular complexity index is 287. The highest BCUT2D eigenvalue weighted by atomic mass is 32.1. The second-order valence-electron chi connectivity index (χ2n) is 3.21. The molecule has 2 nitrogen and oxygen atoms in total. The van der Waals surface area contributed by atoms with Gasteiger partial charge in [0.05, 0.1) is 11.0 Å². The lowest BCUT2D eigenvalue weighted by molar-refractivity contribution is 0.0172. The van der Waals surface area contributed by atoms with Crippen molar-refractivity contribution in [2.45, 2.75) is 25.4 Å². The smallest absolute Gasteiger partial charge is 0.160 e. The molecule has 1 aromatic rings. The molecule has 0 spiro atoms. The van der Waals surface area contributed by atoms with Gasteiger partial charge in [0.1, 0.15) is 0 Å². The molecule has 0 saturated carbocycles. The highest BCUT2D eigenvalue weighted by Gasteiger charge is 2.17. The molecule has 0 amide bonds. The largest absolute Gasteiger partial charge is 0.373 e. The normalized spacial score (nSPS) is 22.9. The van der Waals surface area contributed by atoms with Crippen molar-refractivity contribution < 1.29 is 9.53 Å². The number of thiophene rings is 1. The van der Waals surface area contributed by atoms with Crippen molar-refractivity contribution in [2.75, 3.05) is 6.61 Å². The van der Waals surface area contributed by atoms with Gasteiger partial charge in [0.15, 0.2) is 6.29 Å². The van der Waals surface area contributed by atoms with Gasteiger partial charge in [-0.3, -0.25) is 4.79 Å². The first-order chi connectivity index (χ1) is 6.40. The van der Waals surface area contributed by atoms with E-state index in [1.165, 1.54) is 17.7 Å². The molecule has 2 heterocycles. The number of hydrogen-bond donors (Lipinski definition) is 0. The third-order valence-electron chi connectivity index (χ3n) is 2.26. The van der Waals surface area contributed by atoms with Crippen LogP contribution in [0.15, 0.2) is 12.1 Å². The maximum atomic E-state index is 10.5. The minimum Gasteiger partial charge on any atom is -0.373 e. The van der Waals surface area contributed by atoms with E-state index in [0.29, 0.717) is 0 Å². The fraction of sp³-hybridized carbons (Fsp3) is 0.500. The molecule has 1 aromatic heterocycles. The number of carbonyl (C=O) groups is 1. The van der Waals surface area contributed by atoms with E-state index in [9.17, 15) is 4.79 Å². The Hall–Kier alpha value is -0.670. The molecule has 0 aliphatic carbocycles. The Kier molecular flexibility index (Phi) is 2.76. The van der Waals surface area contributed by atoms with Crippen LogP contribution in [0.25, 0.3) is 0 Å². The second-order valence-corrected chi connectivity index (χ2v) is 4.36. The van der Waals surface area contributed by atoms with Gasteiger partial charge in [-0.2, -0.15) is 0 Å². The van der Waals surface area contributed by atoms with Crippen LogP contribution in [-0.2, 0) is 4.74 Å². The van der Waals surface area contributed by atoms with Crippen LogP contribution in [0.3, 0.4) is 0 Å². The first-order valence-electron chi connectivity index (χ1n) is 4.56. The Labute approximate surface area is 81.5 Å². The molecule has 13 heavy (non-hydrogen) atoms. The first-order valence-corrected chi connectivity index (χ1v) is 5.38. The number of carbonyl (C=O) groups excluding carboxylic acids is 1. The summed E-state index contributed by atoms with van der Waals surface area (Å²) in [7, 11) is 0. The molecule has 1 aliphatic heterocycles. The molecular weight excluding hydrogens is 184 g/mol. The van der Waals surface area contributed by atoms with E-state index in [2.05, 4.69) is 0 Å². The summed E-state index contributed by atoms with van der Waals surface area (Å²) in [6, 6.07) is 3.87. The van der Waals surface area contributed by atoms with Gasteiger partial charge in [-0.1, -0.05) is 0 Å². The molecule has 0 aromatic carbocycles. The van der Waals surface area contributed by atoms with Crippen molar-refractivity contribution in [2.24, 2.45) is 0 Å². The average Bonchev–Trinajstić information content (AvgIpc) is 2.67. The Morgan fingerprint density at radius 2 is 2.38 bits per heavy atom. The van der Waals surface area contributed by atoms with E-state index in [0.717, 1.165) is 24.2 Å². The lowest BCUT2D eigenvalue weighted by atomic mass is 10.1. The zero-order valence-corrected chi connectivity index (χ0v) is 8.18. The second kappa shape index (κ2) is 4.03. The van der Waals surface area contributed by atoms with Crippen LogP contribution in [0, 0.1) is 0 Å². The monoisotopic (exact) mass is 196 g/mol. The Balaban J connectivity index is 2.09. The summed E-state index contributed by atoms with van der Waals surface area (Å²) in [5.41, 5.74) is 0. The topological polar surface area (TPSA) is 26.3 Å². The number of hydrogen-bond acceptors (Lipinski definition) is 3. The van der Waals surface area contributed by atoms with Crippen LogP contribution >= 0.6 is 11.3 Å². The molecular formula is C10H12O2S. The van der Waals surface area contributed by atoms with Crippen molar-refractivity contribution in [3.63, 3.8) is 0 Å². The van der Waals surface area contributed by atoms with Crippen LogP contribution in [0.1, 0.15) is 39.9 Å². The van der Waals surface area contributed by atoms with Gasteiger partial charge < -0.3 is 4.74 Å². The molecule has 1 saturated heterocycles. The third-order valence-corrected chi connectivity index (χ3v) is 3.36. The first kappa shape index (κ1) is 8.91. The maximum absolute atomic E-state index is 10.5. The van der Waals surface area contributed by atoms with Crippen molar-refractivity contribution in [3.05, 3.63) is 21.9 Å². The van der Waals surface area contributed by atoms with Crippen LogP contribution in [0.4, 0.5) is 0 Å². The van der Waals surface area contributed by atoms with E-state index in [4.69, 9.17) is 4.74 Å². The van der Waals surface area contributed by atoms with Gasteiger partial charge in [-0.15, -0.1) is 11.3 Å². The molecule has 1 unspecified atom stereocenters. The SMILES string of the molecule is O=Cc1ccc(C2CCCCO2)s1. The summed E-state index contributed by atoms with van der Waals surface area (Å²) >= 11 is 1.55. The van der Waals surface area contributed by atoms with Gasteiger partial charge in [0.2, 0.25) is 0 Å². The van der Waals surface area contributed by atoms with Gasteiger partial charge in [-0.05, 0) is 31.4 Å². The van der Waals surface area contributed by atoms with Crippen molar-refractivity contribution in [1.82, 2.24) is 0 Å². The minimum absolute atomic E-state index is 0.243. The molecule has 1 aliphatic rings.